The molecule has 0 spiro atoms. The number of ether oxygens (including phenoxy) is 4. The van der Waals surface area contributed by atoms with E-state index in [4.69, 9.17) is 37.0 Å². The van der Waals surface area contributed by atoms with Crippen LogP contribution >= 0.6 is 15.6 Å². The number of aliphatic hydroxyl groups excluding tert-OH is 1. The van der Waals surface area contributed by atoms with E-state index in [0.29, 0.717) is 31.6 Å². The topological polar surface area (TPSA) is 237 Å². The molecule has 4 unspecified atom stereocenters. The summed E-state index contributed by atoms with van der Waals surface area (Å²) in [6.45, 7) is 14.3. The van der Waals surface area contributed by atoms with Crippen molar-refractivity contribution in [2.45, 2.75) is 453 Å². The molecule has 0 heterocycles. The Bertz CT molecular complexity index is 2010. The van der Waals surface area contributed by atoms with Crippen LogP contribution < -0.4 is 0 Å². The van der Waals surface area contributed by atoms with Gasteiger partial charge in [-0.25, -0.2) is 9.13 Å². The van der Waals surface area contributed by atoms with Crippen molar-refractivity contribution in [2.75, 3.05) is 39.6 Å². The third-order valence-corrected chi connectivity index (χ3v) is 22.2. The van der Waals surface area contributed by atoms with Gasteiger partial charge >= 0.3 is 39.5 Å². The van der Waals surface area contributed by atoms with Gasteiger partial charge in [0.15, 0.2) is 12.2 Å². The zero-order chi connectivity index (χ0) is 76.0. The van der Waals surface area contributed by atoms with Crippen molar-refractivity contribution >= 4 is 39.5 Å². The molecule has 0 aliphatic carbocycles. The van der Waals surface area contributed by atoms with E-state index in [1.807, 2.05) is 0 Å². The van der Waals surface area contributed by atoms with E-state index in [9.17, 15) is 43.2 Å². The summed E-state index contributed by atoms with van der Waals surface area (Å²) in [5, 5.41) is 10.7. The Labute approximate surface area is 632 Å². The maximum atomic E-state index is 13.1. The summed E-state index contributed by atoms with van der Waals surface area (Å²) in [4.78, 5) is 73.1. The molecule has 0 aliphatic rings. The smallest absolute Gasteiger partial charge is 0.462 e. The molecule has 0 rings (SSSR count). The van der Waals surface area contributed by atoms with Crippen LogP contribution in [0.1, 0.15) is 434 Å². The first kappa shape index (κ1) is 101. The Morgan fingerprint density at radius 2 is 0.466 bits per heavy atom. The van der Waals surface area contributed by atoms with Crippen molar-refractivity contribution in [3.63, 3.8) is 0 Å². The molecular weight excluding hydrogens is 1340 g/mol. The van der Waals surface area contributed by atoms with Crippen molar-refractivity contribution in [3.05, 3.63) is 0 Å². The van der Waals surface area contributed by atoms with Gasteiger partial charge in [-0.2, -0.15) is 0 Å². The monoisotopic (exact) mass is 1510 g/mol. The number of hydrogen-bond acceptors (Lipinski definition) is 15. The standard InChI is InChI=1S/C84H164O17P2/c1-9-76(7)62-54-46-37-31-25-21-17-13-11-12-14-18-22-26-33-39-48-56-64-81(86)94-70-79(100-83(88)66-58-50-40-34-27-23-19-15-16-20-24-30-36-44-52-60-74(3)4)72-98-102(90,91)96-68-78(85)69-97-103(92,93)99-73-80(71-95-82(87)65-57-49-43-42-45-53-61-75(5)6)101-84(89)67-59-51-41-35-29-28-32-38-47-55-63-77(8)10-2/h74-80,85H,9-73H2,1-8H3,(H,90,91)(H,92,93)/t76?,77?,78-,79-,80-/m1/s1. The molecule has 0 saturated heterocycles. The van der Waals surface area contributed by atoms with E-state index in [0.717, 1.165) is 114 Å². The summed E-state index contributed by atoms with van der Waals surface area (Å²) in [5.41, 5.74) is 0. The normalized spacial score (nSPS) is 14.5. The van der Waals surface area contributed by atoms with Gasteiger partial charge in [0.1, 0.15) is 19.3 Å². The lowest BCUT2D eigenvalue weighted by Gasteiger charge is -2.21. The molecular formula is C84H164O17P2. The molecule has 19 heteroatoms. The van der Waals surface area contributed by atoms with E-state index in [1.54, 1.807) is 0 Å². The first-order valence-electron chi connectivity index (χ1n) is 43.3. The quantitative estimate of drug-likeness (QED) is 0.0222. The minimum absolute atomic E-state index is 0.105. The van der Waals surface area contributed by atoms with Crippen LogP contribution in [0.4, 0.5) is 0 Å². The lowest BCUT2D eigenvalue weighted by atomic mass is 9.99. The van der Waals surface area contributed by atoms with Gasteiger partial charge in [-0.05, 0) is 49.4 Å². The number of phosphoric acid groups is 2. The predicted octanol–water partition coefficient (Wildman–Crippen LogP) is 25.2. The summed E-state index contributed by atoms with van der Waals surface area (Å²) >= 11 is 0. The van der Waals surface area contributed by atoms with Gasteiger partial charge in [0.25, 0.3) is 0 Å². The van der Waals surface area contributed by atoms with Gasteiger partial charge in [0.2, 0.25) is 0 Å². The predicted molar refractivity (Wildman–Crippen MR) is 423 cm³/mol. The third kappa shape index (κ3) is 75.3. The number of hydrogen-bond donors (Lipinski definition) is 3. The van der Waals surface area contributed by atoms with Crippen LogP contribution in [-0.2, 0) is 65.4 Å². The fraction of sp³-hybridized carbons (Fsp3) is 0.952. The first-order chi connectivity index (χ1) is 49.7. The van der Waals surface area contributed by atoms with E-state index < -0.39 is 97.5 Å². The highest BCUT2D eigenvalue weighted by molar-refractivity contribution is 7.47. The van der Waals surface area contributed by atoms with Crippen molar-refractivity contribution < 1.29 is 80.2 Å². The Hall–Kier alpha value is -1.94. The molecule has 0 aromatic rings. The van der Waals surface area contributed by atoms with E-state index >= 15 is 0 Å². The SMILES string of the molecule is CCC(C)CCCCCCCCCCCCCCCCCCCCC(=O)OC[C@H](COP(=O)(O)OC[C@@H](O)COP(=O)(O)OC[C@@H](COC(=O)CCCCCCCCC(C)C)OC(=O)CCCCCCCCCCCCC(C)CC)OC(=O)CCCCCCCCCCCCCCCCCC(C)C. The van der Waals surface area contributed by atoms with Gasteiger partial charge in [-0.15, -0.1) is 0 Å². The highest BCUT2D eigenvalue weighted by Crippen LogP contribution is 2.45. The summed E-state index contributed by atoms with van der Waals surface area (Å²) in [5.74, 6) is 1.05. The molecule has 0 aliphatic heterocycles. The van der Waals surface area contributed by atoms with Crippen molar-refractivity contribution in [3.8, 4) is 0 Å². The van der Waals surface area contributed by atoms with Crippen molar-refractivity contribution in [1.82, 2.24) is 0 Å². The minimum atomic E-state index is -4.97. The van der Waals surface area contributed by atoms with Crippen LogP contribution in [0.25, 0.3) is 0 Å². The molecule has 103 heavy (non-hydrogen) atoms. The fourth-order valence-electron chi connectivity index (χ4n) is 12.9. The van der Waals surface area contributed by atoms with Crippen LogP contribution in [0, 0.1) is 23.7 Å². The molecule has 17 nitrogen and oxygen atoms in total. The van der Waals surface area contributed by atoms with Crippen LogP contribution in [0.5, 0.6) is 0 Å². The summed E-state index contributed by atoms with van der Waals surface area (Å²) < 4.78 is 68.8. The zero-order valence-electron chi connectivity index (χ0n) is 68.0. The molecule has 0 amide bonds. The molecule has 0 bridgehead atoms. The highest BCUT2D eigenvalue weighted by atomic mass is 31.2. The lowest BCUT2D eigenvalue weighted by Crippen LogP contribution is -2.30. The molecule has 0 aromatic heterocycles. The maximum absolute atomic E-state index is 13.1. The van der Waals surface area contributed by atoms with Crippen LogP contribution in [0.2, 0.25) is 0 Å². The van der Waals surface area contributed by atoms with E-state index in [1.165, 1.54) is 231 Å². The number of unbranched alkanes of at least 4 members (excludes halogenated alkanes) is 45. The number of carbonyl (C=O) groups excluding carboxylic acids is 4. The van der Waals surface area contributed by atoms with Gasteiger partial charge in [-0.3, -0.25) is 37.3 Å². The second kappa shape index (κ2) is 72.9. The number of aliphatic hydroxyl groups is 1. The van der Waals surface area contributed by atoms with Gasteiger partial charge in [0, 0.05) is 25.7 Å². The summed E-state index contributed by atoms with van der Waals surface area (Å²) in [6.07, 6.45) is 61.2. The second-order valence-corrected chi connectivity index (χ2v) is 34.6. The Morgan fingerprint density at radius 1 is 0.272 bits per heavy atom. The average Bonchev–Trinajstić information content (AvgIpc) is 1.49. The minimum Gasteiger partial charge on any atom is -0.462 e. The first-order valence-corrected chi connectivity index (χ1v) is 46.3. The number of esters is 4. The highest BCUT2D eigenvalue weighted by Gasteiger charge is 2.30. The molecule has 0 aromatic carbocycles. The molecule has 7 atom stereocenters. The third-order valence-electron chi connectivity index (χ3n) is 20.3. The number of carbonyl (C=O) groups is 4. The number of rotatable bonds is 81. The van der Waals surface area contributed by atoms with Crippen molar-refractivity contribution in [2.24, 2.45) is 23.7 Å². The Balaban J connectivity index is 5.20. The van der Waals surface area contributed by atoms with Gasteiger partial charge < -0.3 is 33.8 Å². The van der Waals surface area contributed by atoms with Gasteiger partial charge in [-0.1, -0.05) is 383 Å². The zero-order valence-corrected chi connectivity index (χ0v) is 69.7. The van der Waals surface area contributed by atoms with E-state index in [-0.39, 0.29) is 25.7 Å². The van der Waals surface area contributed by atoms with Crippen molar-refractivity contribution in [1.29, 1.82) is 0 Å². The van der Waals surface area contributed by atoms with Crippen LogP contribution in [0.3, 0.4) is 0 Å². The Kier molecular flexibility index (Phi) is 71.5. The lowest BCUT2D eigenvalue weighted by molar-refractivity contribution is -0.161. The molecule has 612 valence electrons. The maximum Gasteiger partial charge on any atom is 0.472 e. The molecule has 0 saturated carbocycles. The van der Waals surface area contributed by atoms with Crippen LogP contribution in [0.15, 0.2) is 0 Å². The largest absolute Gasteiger partial charge is 0.472 e. The Morgan fingerprint density at radius 3 is 0.689 bits per heavy atom. The molecule has 0 radical (unpaired) electrons. The van der Waals surface area contributed by atoms with Gasteiger partial charge in [0.05, 0.1) is 26.4 Å². The second-order valence-electron chi connectivity index (χ2n) is 31.7. The molecule has 0 fully saturated rings. The number of phosphoric ester groups is 2. The summed E-state index contributed by atoms with van der Waals surface area (Å²) in [6, 6.07) is 0. The van der Waals surface area contributed by atoms with E-state index in [2.05, 4.69) is 55.4 Å². The molecule has 3 N–H and O–H groups in total. The fourth-order valence-corrected chi connectivity index (χ4v) is 14.5. The summed E-state index contributed by atoms with van der Waals surface area (Å²) in [7, 11) is -9.92. The average molecular weight is 1510 g/mol. The van der Waals surface area contributed by atoms with Crippen LogP contribution in [-0.4, -0.2) is 96.7 Å².